The number of sulfonamides is 1. The number of carbonyl (C=O) groups is 2. The second-order valence-electron chi connectivity index (χ2n) is 10.3. The van der Waals surface area contributed by atoms with E-state index in [0.717, 1.165) is 9.87 Å². The van der Waals surface area contributed by atoms with Crippen molar-refractivity contribution in [3.8, 4) is 5.75 Å². The Hall–Kier alpha value is -3.56. The summed E-state index contributed by atoms with van der Waals surface area (Å²) in [5.41, 5.74) is 0.356. The van der Waals surface area contributed by atoms with Crippen molar-refractivity contribution in [2.45, 2.75) is 57.1 Å². The molecule has 1 unspecified atom stereocenters. The van der Waals surface area contributed by atoms with E-state index in [-0.39, 0.29) is 28.1 Å². The first-order chi connectivity index (χ1) is 18.9. The zero-order valence-electron chi connectivity index (χ0n) is 23.4. The maximum Gasteiger partial charge on any atom is 0.264 e. The number of rotatable bonds is 11. The summed E-state index contributed by atoms with van der Waals surface area (Å²) in [5, 5.41) is 3.13. The minimum atomic E-state index is -4.19. The number of halogens is 1. The second-order valence-corrected chi connectivity index (χ2v) is 12.6. The van der Waals surface area contributed by atoms with Gasteiger partial charge in [-0.1, -0.05) is 61.0 Å². The molecule has 2 amide bonds. The first-order valence-corrected chi connectivity index (χ1v) is 14.8. The molecule has 0 bridgehead atoms. The molecule has 1 N–H and O–H groups in total. The maximum atomic E-state index is 14.1. The summed E-state index contributed by atoms with van der Waals surface area (Å²) in [6.07, 6.45) is 0.315. The van der Waals surface area contributed by atoms with E-state index in [9.17, 15) is 18.0 Å². The summed E-state index contributed by atoms with van der Waals surface area (Å²) in [5.74, 6) is -0.291. The predicted molar refractivity (Wildman–Crippen MR) is 158 cm³/mol. The zero-order chi connectivity index (χ0) is 29.5. The van der Waals surface area contributed by atoms with Gasteiger partial charge in [0.05, 0.1) is 22.7 Å². The van der Waals surface area contributed by atoms with Crippen LogP contribution < -0.4 is 14.4 Å². The lowest BCUT2D eigenvalue weighted by Gasteiger charge is -2.35. The van der Waals surface area contributed by atoms with Gasteiger partial charge in [-0.15, -0.1) is 0 Å². The van der Waals surface area contributed by atoms with Crippen molar-refractivity contribution in [1.29, 1.82) is 0 Å². The highest BCUT2D eigenvalue weighted by Gasteiger charge is 2.35. The molecule has 0 aliphatic rings. The molecule has 0 radical (unpaired) electrons. The van der Waals surface area contributed by atoms with E-state index in [0.29, 0.717) is 12.2 Å². The Balaban J connectivity index is 2.08. The van der Waals surface area contributed by atoms with Crippen LogP contribution in [0.5, 0.6) is 5.75 Å². The van der Waals surface area contributed by atoms with Crippen LogP contribution in [0.1, 0.15) is 39.7 Å². The molecule has 0 saturated carbocycles. The number of methoxy groups -OCH3 is 1. The van der Waals surface area contributed by atoms with Gasteiger partial charge in [0, 0.05) is 12.1 Å². The summed E-state index contributed by atoms with van der Waals surface area (Å²) < 4.78 is 34.0. The predicted octanol–water partition coefficient (Wildman–Crippen LogP) is 5.27. The van der Waals surface area contributed by atoms with Gasteiger partial charge < -0.3 is 15.0 Å². The van der Waals surface area contributed by atoms with E-state index >= 15 is 0 Å². The number of benzene rings is 3. The maximum absolute atomic E-state index is 14.1. The number of hydrogen-bond donors (Lipinski definition) is 1. The number of ether oxygens (including phenoxy) is 1. The summed E-state index contributed by atoms with van der Waals surface area (Å²) in [6.45, 7) is 6.88. The molecule has 214 valence electrons. The molecule has 40 heavy (non-hydrogen) atoms. The molecular formula is C30H36ClN3O5S. The smallest absolute Gasteiger partial charge is 0.264 e. The quantitative estimate of drug-likeness (QED) is 0.331. The van der Waals surface area contributed by atoms with Crippen LogP contribution in [-0.2, 0) is 26.2 Å². The van der Waals surface area contributed by atoms with Gasteiger partial charge in [-0.3, -0.25) is 13.9 Å². The van der Waals surface area contributed by atoms with Gasteiger partial charge in [0.15, 0.2) is 0 Å². The Morgan fingerprint density at radius 1 is 0.975 bits per heavy atom. The van der Waals surface area contributed by atoms with Crippen molar-refractivity contribution < 1.29 is 22.7 Å². The molecule has 0 fully saturated rings. The lowest BCUT2D eigenvalue weighted by atomic mass is 10.1. The van der Waals surface area contributed by atoms with E-state index in [1.165, 1.54) is 17.0 Å². The molecule has 10 heteroatoms. The molecule has 0 aliphatic heterocycles. The topological polar surface area (TPSA) is 96.0 Å². The third-order valence-electron chi connectivity index (χ3n) is 6.10. The molecule has 3 rings (SSSR count). The van der Waals surface area contributed by atoms with Crippen LogP contribution in [0.15, 0.2) is 83.8 Å². The Morgan fingerprint density at radius 3 is 2.23 bits per heavy atom. The number of para-hydroxylation sites is 1. The van der Waals surface area contributed by atoms with Crippen LogP contribution >= 0.6 is 11.6 Å². The molecule has 0 saturated heterocycles. The molecule has 8 nitrogen and oxygen atoms in total. The van der Waals surface area contributed by atoms with Crippen molar-refractivity contribution in [2.75, 3.05) is 18.0 Å². The molecule has 0 aromatic heterocycles. The van der Waals surface area contributed by atoms with Gasteiger partial charge in [-0.05, 0) is 69.2 Å². The average molecular weight is 586 g/mol. The van der Waals surface area contributed by atoms with Gasteiger partial charge in [0.1, 0.15) is 18.3 Å². The van der Waals surface area contributed by atoms with Crippen molar-refractivity contribution in [3.05, 3.63) is 89.4 Å². The average Bonchev–Trinajstić information content (AvgIpc) is 2.91. The summed E-state index contributed by atoms with van der Waals surface area (Å²) >= 11 is 6.44. The van der Waals surface area contributed by atoms with Crippen LogP contribution in [-0.4, -0.2) is 50.4 Å². The monoisotopic (exact) mass is 585 g/mol. The largest absolute Gasteiger partial charge is 0.497 e. The van der Waals surface area contributed by atoms with Crippen molar-refractivity contribution in [1.82, 2.24) is 10.2 Å². The van der Waals surface area contributed by atoms with Crippen molar-refractivity contribution in [2.24, 2.45) is 0 Å². The molecule has 0 spiro atoms. The lowest BCUT2D eigenvalue weighted by Crippen LogP contribution is -2.55. The number of amides is 2. The minimum absolute atomic E-state index is 0.0135. The third-order valence-corrected chi connectivity index (χ3v) is 8.20. The zero-order valence-corrected chi connectivity index (χ0v) is 25.0. The second kappa shape index (κ2) is 13.2. The van der Waals surface area contributed by atoms with Gasteiger partial charge in [0.25, 0.3) is 10.0 Å². The van der Waals surface area contributed by atoms with Crippen molar-refractivity contribution >= 4 is 39.1 Å². The Labute approximate surface area is 241 Å². The van der Waals surface area contributed by atoms with E-state index < -0.39 is 34.1 Å². The minimum Gasteiger partial charge on any atom is -0.497 e. The summed E-state index contributed by atoms with van der Waals surface area (Å²) in [6, 6.07) is 20.6. The fourth-order valence-electron chi connectivity index (χ4n) is 4.23. The number of anilines is 1. The molecular weight excluding hydrogens is 550 g/mol. The standard InChI is InChI=1S/C30H36ClN3O5S/c1-6-26(29(36)32-30(2,3)4)33(20-22-13-12-14-23(19-22)39-5)28(35)21-34(27-18-11-10-17-25(27)31)40(37,38)24-15-8-7-9-16-24/h7-19,26H,6,20-21H2,1-5H3,(H,32,36). The van der Waals surface area contributed by atoms with Gasteiger partial charge in [0.2, 0.25) is 11.8 Å². The summed E-state index contributed by atoms with van der Waals surface area (Å²) in [7, 11) is -2.64. The Bertz CT molecular complexity index is 1420. The van der Waals surface area contributed by atoms with Gasteiger partial charge in [-0.2, -0.15) is 0 Å². The highest BCUT2D eigenvalue weighted by atomic mass is 35.5. The van der Waals surface area contributed by atoms with E-state index in [1.807, 2.05) is 33.8 Å². The highest BCUT2D eigenvalue weighted by Crippen LogP contribution is 2.31. The van der Waals surface area contributed by atoms with Gasteiger partial charge in [-0.25, -0.2) is 8.42 Å². The highest BCUT2D eigenvalue weighted by molar-refractivity contribution is 7.92. The molecule has 0 heterocycles. The van der Waals surface area contributed by atoms with Crippen LogP contribution in [0.2, 0.25) is 5.02 Å². The SMILES string of the molecule is CCC(C(=O)NC(C)(C)C)N(Cc1cccc(OC)c1)C(=O)CN(c1ccccc1Cl)S(=O)(=O)c1ccccc1. The van der Waals surface area contributed by atoms with Crippen molar-refractivity contribution in [3.63, 3.8) is 0 Å². The molecule has 0 aliphatic carbocycles. The lowest BCUT2D eigenvalue weighted by molar-refractivity contribution is -0.141. The normalized spacial score (nSPS) is 12.3. The first kappa shape index (κ1) is 31.0. The third kappa shape index (κ3) is 7.76. The number of carbonyl (C=O) groups excluding carboxylic acids is 2. The van der Waals surface area contributed by atoms with Crippen LogP contribution in [0.25, 0.3) is 0 Å². The number of nitrogens with zero attached hydrogens (tertiary/aromatic N) is 2. The van der Waals surface area contributed by atoms with Crippen LogP contribution in [0.3, 0.4) is 0 Å². The first-order valence-electron chi connectivity index (χ1n) is 12.9. The van der Waals surface area contributed by atoms with E-state index in [4.69, 9.17) is 16.3 Å². The van der Waals surface area contributed by atoms with E-state index in [1.54, 1.807) is 67.8 Å². The molecule has 3 aromatic carbocycles. The van der Waals surface area contributed by atoms with Crippen LogP contribution in [0.4, 0.5) is 5.69 Å². The fourth-order valence-corrected chi connectivity index (χ4v) is 5.97. The summed E-state index contributed by atoms with van der Waals surface area (Å²) in [4.78, 5) is 28.9. The fraction of sp³-hybridized carbons (Fsp3) is 0.333. The number of hydrogen-bond acceptors (Lipinski definition) is 5. The molecule has 1 atom stereocenters. The Morgan fingerprint density at radius 2 is 1.62 bits per heavy atom. The van der Waals surface area contributed by atoms with Gasteiger partial charge >= 0.3 is 0 Å². The van der Waals surface area contributed by atoms with E-state index in [2.05, 4.69) is 5.32 Å². The number of nitrogens with one attached hydrogen (secondary N) is 1. The van der Waals surface area contributed by atoms with Crippen LogP contribution in [0, 0.1) is 0 Å². The Kier molecular flexibility index (Phi) is 10.2. The molecule has 3 aromatic rings.